The van der Waals surface area contributed by atoms with Crippen LogP contribution in [0.5, 0.6) is 0 Å². The number of likely N-dealkylation sites (tertiary alicyclic amines) is 1. The average molecular weight is 496 g/mol. The summed E-state index contributed by atoms with van der Waals surface area (Å²) >= 11 is 0. The lowest BCUT2D eigenvalue weighted by Crippen LogP contribution is -2.64. The van der Waals surface area contributed by atoms with Crippen molar-refractivity contribution in [3.8, 4) is 23.6 Å². The van der Waals surface area contributed by atoms with Crippen LogP contribution in [0, 0.1) is 18.2 Å². The Morgan fingerprint density at radius 1 is 1.14 bits per heavy atom. The van der Waals surface area contributed by atoms with E-state index < -0.39 is 11.4 Å². The molecular weight excluding hydrogens is 469 g/mol. The van der Waals surface area contributed by atoms with Crippen molar-refractivity contribution in [1.29, 1.82) is 0 Å². The highest BCUT2D eigenvalue weighted by atomic mass is 19.1. The number of nitrogens with zero attached hydrogens (tertiary/aromatic N) is 5. The van der Waals surface area contributed by atoms with E-state index >= 15 is 4.39 Å². The van der Waals surface area contributed by atoms with E-state index in [2.05, 4.69) is 25.8 Å². The van der Waals surface area contributed by atoms with E-state index in [0.717, 1.165) is 17.2 Å². The van der Waals surface area contributed by atoms with Gasteiger partial charge in [-0.2, -0.15) is 0 Å². The Hall–Kier alpha value is -4.25. The molecule has 2 fully saturated rings. The van der Waals surface area contributed by atoms with Gasteiger partial charge in [0.1, 0.15) is 29.0 Å². The van der Waals surface area contributed by atoms with Gasteiger partial charge in [0.05, 0.1) is 17.5 Å². The normalized spacial score (nSPS) is 19.0. The standard InChI is InChI=1S/C29H26FN5O2/c1-5-17-8-6-9-18-10-7-11-19(23(17)18)25-24(30)26-20(14-31-25)27(33-16-32-26)34-13-12-21-22(34)15-35(21)28(36)37-29(2,3)4/h1,6-11,14,16,21-22H,12-13,15H2,2-4H3/t21-,22-/m1/s1. The third-order valence-corrected chi connectivity index (χ3v) is 7.11. The number of ether oxygens (including phenoxy) is 1. The lowest BCUT2D eigenvalue weighted by molar-refractivity contribution is -0.00710. The zero-order valence-electron chi connectivity index (χ0n) is 20.9. The molecule has 7 nitrogen and oxygen atoms in total. The van der Waals surface area contributed by atoms with Gasteiger partial charge >= 0.3 is 6.09 Å². The lowest BCUT2D eigenvalue weighted by atomic mass is 9.96. The Morgan fingerprint density at radius 2 is 1.92 bits per heavy atom. The number of halogens is 1. The summed E-state index contributed by atoms with van der Waals surface area (Å²) in [6.07, 6.45) is 9.25. The number of anilines is 1. The second kappa shape index (κ2) is 8.41. The van der Waals surface area contributed by atoms with Crippen LogP contribution in [0.4, 0.5) is 15.0 Å². The second-order valence-corrected chi connectivity index (χ2v) is 10.5. The number of terminal acetylenes is 1. The number of pyridine rings is 1. The van der Waals surface area contributed by atoms with Crippen molar-refractivity contribution < 1.29 is 13.9 Å². The highest BCUT2D eigenvalue weighted by molar-refractivity contribution is 6.01. The first-order valence-corrected chi connectivity index (χ1v) is 12.3. The molecule has 2 aliphatic heterocycles. The SMILES string of the molecule is C#Cc1cccc2cccc(-c3ncc4c(N5CC[C@@H]6[C@H]5CN6C(=O)OC(C)(C)C)ncnc4c3F)c12. The van der Waals surface area contributed by atoms with Crippen molar-refractivity contribution in [3.63, 3.8) is 0 Å². The Kier molecular flexibility index (Phi) is 5.27. The van der Waals surface area contributed by atoms with Crippen molar-refractivity contribution >= 4 is 33.6 Å². The topological polar surface area (TPSA) is 71.5 Å². The first-order chi connectivity index (χ1) is 17.8. The van der Waals surface area contributed by atoms with Crippen molar-refractivity contribution in [1.82, 2.24) is 19.9 Å². The van der Waals surface area contributed by atoms with Gasteiger partial charge in [-0.05, 0) is 38.6 Å². The van der Waals surface area contributed by atoms with E-state index in [-0.39, 0.29) is 29.4 Å². The number of rotatable bonds is 2. The van der Waals surface area contributed by atoms with Crippen molar-refractivity contribution in [2.24, 2.45) is 0 Å². The molecule has 2 aromatic heterocycles. The largest absolute Gasteiger partial charge is 0.444 e. The Balaban J connectivity index is 1.36. The van der Waals surface area contributed by atoms with Crippen LogP contribution in [0.2, 0.25) is 0 Å². The Labute approximate surface area is 214 Å². The van der Waals surface area contributed by atoms with E-state index in [1.54, 1.807) is 11.1 Å². The van der Waals surface area contributed by atoms with E-state index in [9.17, 15) is 4.79 Å². The third-order valence-electron chi connectivity index (χ3n) is 7.11. The predicted molar refractivity (Wildman–Crippen MR) is 141 cm³/mol. The predicted octanol–water partition coefficient (Wildman–Crippen LogP) is 5.16. The van der Waals surface area contributed by atoms with Crippen LogP contribution in [-0.4, -0.2) is 56.7 Å². The summed E-state index contributed by atoms with van der Waals surface area (Å²) in [6, 6.07) is 11.4. The van der Waals surface area contributed by atoms with E-state index in [1.165, 1.54) is 6.33 Å². The van der Waals surface area contributed by atoms with Crippen molar-refractivity contribution in [3.05, 3.63) is 60.3 Å². The van der Waals surface area contributed by atoms with Crippen LogP contribution in [0.3, 0.4) is 0 Å². The van der Waals surface area contributed by atoms with Crippen LogP contribution < -0.4 is 4.90 Å². The smallest absolute Gasteiger partial charge is 0.410 e. The molecule has 0 radical (unpaired) electrons. The quantitative estimate of drug-likeness (QED) is 0.358. The maximum atomic E-state index is 16.0. The molecule has 4 heterocycles. The van der Waals surface area contributed by atoms with E-state index in [0.29, 0.717) is 35.4 Å². The molecule has 6 rings (SSSR count). The molecule has 1 amide bonds. The maximum Gasteiger partial charge on any atom is 0.410 e. The van der Waals surface area contributed by atoms with Crippen molar-refractivity contribution in [2.75, 3.05) is 18.0 Å². The van der Waals surface area contributed by atoms with Gasteiger partial charge in [0, 0.05) is 35.8 Å². The molecule has 2 saturated heterocycles. The summed E-state index contributed by atoms with van der Waals surface area (Å²) in [4.78, 5) is 29.8. The highest BCUT2D eigenvalue weighted by Crippen LogP contribution is 2.40. The fourth-order valence-corrected chi connectivity index (χ4v) is 5.47. The van der Waals surface area contributed by atoms with Gasteiger partial charge in [-0.25, -0.2) is 19.2 Å². The van der Waals surface area contributed by atoms with Gasteiger partial charge in [0.2, 0.25) is 0 Å². The number of carbonyl (C=O) groups excluding carboxylic acids is 1. The van der Waals surface area contributed by atoms with Gasteiger partial charge in [-0.3, -0.25) is 4.98 Å². The number of fused-ring (bicyclic) bond motifs is 3. The highest BCUT2D eigenvalue weighted by Gasteiger charge is 2.51. The van der Waals surface area contributed by atoms with E-state index in [1.807, 2.05) is 57.2 Å². The Morgan fingerprint density at radius 3 is 2.68 bits per heavy atom. The molecule has 0 N–H and O–H groups in total. The van der Waals surface area contributed by atoms with Gasteiger partial charge in [0.15, 0.2) is 5.82 Å². The van der Waals surface area contributed by atoms with Crippen LogP contribution >= 0.6 is 0 Å². The number of carbonyl (C=O) groups is 1. The zero-order valence-corrected chi connectivity index (χ0v) is 20.9. The molecule has 0 unspecified atom stereocenters. The summed E-state index contributed by atoms with van der Waals surface area (Å²) in [5, 5.41) is 2.24. The van der Waals surface area contributed by atoms with Crippen LogP contribution in [0.25, 0.3) is 32.9 Å². The monoisotopic (exact) mass is 495 g/mol. The maximum absolute atomic E-state index is 16.0. The molecule has 0 saturated carbocycles. The average Bonchev–Trinajstić information content (AvgIpc) is 3.17. The molecule has 8 heteroatoms. The minimum Gasteiger partial charge on any atom is -0.444 e. The van der Waals surface area contributed by atoms with Crippen LogP contribution in [0.1, 0.15) is 32.8 Å². The summed E-state index contributed by atoms with van der Waals surface area (Å²) in [7, 11) is 0. The van der Waals surface area contributed by atoms with Gasteiger partial charge < -0.3 is 14.5 Å². The number of aromatic nitrogens is 3. The van der Waals surface area contributed by atoms with Crippen LogP contribution in [0.15, 0.2) is 48.9 Å². The summed E-state index contributed by atoms with van der Waals surface area (Å²) in [6.45, 7) is 6.80. The molecule has 4 aromatic rings. The number of hydrogen-bond acceptors (Lipinski definition) is 6. The summed E-state index contributed by atoms with van der Waals surface area (Å²) in [5.41, 5.74) is 1.16. The Bertz CT molecular complexity index is 1600. The second-order valence-electron chi connectivity index (χ2n) is 10.5. The van der Waals surface area contributed by atoms with Gasteiger partial charge in [-0.15, -0.1) is 6.42 Å². The fraction of sp³-hybridized carbons (Fsp3) is 0.310. The minimum absolute atomic E-state index is 0.0369. The van der Waals surface area contributed by atoms with Gasteiger partial charge in [-0.1, -0.05) is 36.3 Å². The molecule has 0 spiro atoms. The first kappa shape index (κ1) is 23.2. The summed E-state index contributed by atoms with van der Waals surface area (Å²) < 4.78 is 21.6. The van der Waals surface area contributed by atoms with Gasteiger partial charge in [0.25, 0.3) is 0 Å². The molecule has 0 bridgehead atoms. The fourth-order valence-electron chi connectivity index (χ4n) is 5.47. The van der Waals surface area contributed by atoms with Crippen LogP contribution in [-0.2, 0) is 4.74 Å². The number of benzene rings is 2. The third kappa shape index (κ3) is 3.73. The molecule has 2 atom stereocenters. The molecule has 37 heavy (non-hydrogen) atoms. The van der Waals surface area contributed by atoms with Crippen molar-refractivity contribution in [2.45, 2.75) is 44.9 Å². The number of hydrogen-bond donors (Lipinski definition) is 0. The minimum atomic E-state index is -0.546. The zero-order chi connectivity index (χ0) is 25.9. The molecule has 2 aliphatic rings. The number of amides is 1. The first-order valence-electron chi connectivity index (χ1n) is 12.3. The van der Waals surface area contributed by atoms with E-state index in [4.69, 9.17) is 11.2 Å². The molecule has 2 aromatic carbocycles. The molecule has 0 aliphatic carbocycles. The molecular formula is C29H26FN5O2. The molecule has 186 valence electrons. The lowest BCUT2D eigenvalue weighted by Gasteiger charge is -2.46. The summed E-state index contributed by atoms with van der Waals surface area (Å²) in [5.74, 6) is 2.82.